The van der Waals surface area contributed by atoms with E-state index in [1.807, 2.05) is 24.3 Å². The van der Waals surface area contributed by atoms with Crippen molar-refractivity contribution >= 4 is 5.69 Å². The predicted octanol–water partition coefficient (Wildman–Crippen LogP) is 2.00. The Morgan fingerprint density at radius 3 is 2.60 bits per heavy atom. The molecule has 0 saturated heterocycles. The Morgan fingerprint density at radius 1 is 1.33 bits per heavy atom. The fraction of sp³-hybridized carbons (Fsp3) is 0.417. The summed E-state index contributed by atoms with van der Waals surface area (Å²) >= 11 is 0. The number of rotatable bonds is 5. The lowest BCUT2D eigenvalue weighted by atomic mass is 10.2. The first-order chi connectivity index (χ1) is 7.22. The van der Waals surface area contributed by atoms with Gasteiger partial charge in [-0.3, -0.25) is 0 Å². The third-order valence-corrected chi connectivity index (χ3v) is 2.26. The highest BCUT2D eigenvalue weighted by molar-refractivity contribution is 5.39. The van der Waals surface area contributed by atoms with Gasteiger partial charge in [0.25, 0.3) is 0 Å². The minimum atomic E-state index is 0.631. The molecule has 0 saturated carbocycles. The molecule has 0 atom stereocenters. The molecule has 0 bridgehead atoms. The monoisotopic (exact) mass is 203 g/mol. The van der Waals surface area contributed by atoms with E-state index in [0.717, 1.165) is 25.2 Å². The lowest BCUT2D eigenvalue weighted by Gasteiger charge is -2.15. The van der Waals surface area contributed by atoms with Gasteiger partial charge in [-0.1, -0.05) is 12.1 Å². The Balaban J connectivity index is 2.34. The van der Waals surface area contributed by atoms with Gasteiger partial charge in [-0.05, 0) is 37.7 Å². The zero-order valence-corrected chi connectivity index (χ0v) is 9.11. The van der Waals surface area contributed by atoms with Gasteiger partial charge < -0.3 is 10.6 Å². The maximum atomic E-state index is 8.42. The first-order valence-electron chi connectivity index (χ1n) is 5.12. The van der Waals surface area contributed by atoms with Gasteiger partial charge in [0, 0.05) is 18.7 Å². The van der Waals surface area contributed by atoms with E-state index in [1.165, 1.54) is 5.56 Å². The Labute approximate surface area is 91.1 Å². The van der Waals surface area contributed by atoms with Crippen LogP contribution in [0.3, 0.4) is 0 Å². The van der Waals surface area contributed by atoms with Gasteiger partial charge in [-0.25, -0.2) is 0 Å². The molecule has 0 spiro atoms. The van der Waals surface area contributed by atoms with Crippen LogP contribution in [0.25, 0.3) is 0 Å². The van der Waals surface area contributed by atoms with E-state index >= 15 is 0 Å². The molecule has 1 rings (SSSR count). The van der Waals surface area contributed by atoms with Crippen molar-refractivity contribution in [2.75, 3.05) is 19.3 Å². The Morgan fingerprint density at radius 2 is 2.00 bits per heavy atom. The third kappa shape index (κ3) is 4.48. The molecule has 2 N–H and O–H groups in total. The molecule has 3 nitrogen and oxygen atoms in total. The molecular weight excluding hydrogens is 186 g/mol. The fourth-order valence-corrected chi connectivity index (χ4v) is 1.44. The molecule has 1 aromatic rings. The second kappa shape index (κ2) is 6.05. The number of nitriles is 1. The summed E-state index contributed by atoms with van der Waals surface area (Å²) in [7, 11) is 2.06. The number of hydrogen-bond acceptors (Lipinski definition) is 3. The number of nitrogens with zero attached hydrogens (tertiary/aromatic N) is 2. The van der Waals surface area contributed by atoms with Crippen molar-refractivity contribution in [2.24, 2.45) is 0 Å². The van der Waals surface area contributed by atoms with Crippen LogP contribution >= 0.6 is 0 Å². The third-order valence-electron chi connectivity index (χ3n) is 2.26. The maximum Gasteiger partial charge on any atom is 0.0622 e. The van der Waals surface area contributed by atoms with Crippen molar-refractivity contribution in [3.63, 3.8) is 0 Å². The van der Waals surface area contributed by atoms with E-state index in [-0.39, 0.29) is 0 Å². The standard InChI is InChI=1S/C12H17N3/c1-15(9-3-2-8-13)10-11-4-6-12(14)7-5-11/h4-7H,2-3,9-10,14H2,1H3. The SMILES string of the molecule is CN(CCCC#N)Cc1ccc(N)cc1. The second-order valence-corrected chi connectivity index (χ2v) is 3.74. The molecule has 15 heavy (non-hydrogen) atoms. The molecule has 1 aromatic carbocycles. The molecule has 0 aliphatic carbocycles. The van der Waals surface area contributed by atoms with Gasteiger partial charge in [0.15, 0.2) is 0 Å². The molecule has 0 aromatic heterocycles. The van der Waals surface area contributed by atoms with Crippen molar-refractivity contribution in [2.45, 2.75) is 19.4 Å². The van der Waals surface area contributed by atoms with Gasteiger partial charge in [-0.2, -0.15) is 5.26 Å². The summed E-state index contributed by atoms with van der Waals surface area (Å²) in [5, 5.41) is 8.42. The van der Waals surface area contributed by atoms with Crippen LogP contribution in [-0.4, -0.2) is 18.5 Å². The molecular formula is C12H17N3. The van der Waals surface area contributed by atoms with Crippen molar-refractivity contribution in [3.8, 4) is 6.07 Å². The minimum Gasteiger partial charge on any atom is -0.399 e. The van der Waals surface area contributed by atoms with E-state index in [1.54, 1.807) is 0 Å². The topological polar surface area (TPSA) is 53.0 Å². The van der Waals surface area contributed by atoms with E-state index in [0.29, 0.717) is 6.42 Å². The first kappa shape index (κ1) is 11.5. The number of anilines is 1. The first-order valence-corrected chi connectivity index (χ1v) is 5.12. The molecule has 80 valence electrons. The van der Waals surface area contributed by atoms with E-state index in [9.17, 15) is 0 Å². The number of benzene rings is 1. The Kier molecular flexibility index (Phi) is 4.65. The second-order valence-electron chi connectivity index (χ2n) is 3.74. The highest BCUT2D eigenvalue weighted by Crippen LogP contribution is 2.07. The summed E-state index contributed by atoms with van der Waals surface area (Å²) in [6.45, 7) is 1.86. The zero-order valence-electron chi connectivity index (χ0n) is 9.11. The molecule has 0 radical (unpaired) electrons. The molecule has 0 fully saturated rings. The molecule has 0 heterocycles. The van der Waals surface area contributed by atoms with Crippen molar-refractivity contribution in [3.05, 3.63) is 29.8 Å². The lowest BCUT2D eigenvalue weighted by molar-refractivity contribution is 0.323. The van der Waals surface area contributed by atoms with E-state index < -0.39 is 0 Å². The summed E-state index contributed by atoms with van der Waals surface area (Å²) in [5.41, 5.74) is 7.66. The maximum absolute atomic E-state index is 8.42. The smallest absolute Gasteiger partial charge is 0.0622 e. The van der Waals surface area contributed by atoms with Crippen LogP contribution in [0.5, 0.6) is 0 Å². The Bertz CT molecular complexity index is 324. The van der Waals surface area contributed by atoms with Gasteiger partial charge in [-0.15, -0.1) is 0 Å². The van der Waals surface area contributed by atoms with E-state index in [4.69, 9.17) is 11.0 Å². The highest BCUT2D eigenvalue weighted by atomic mass is 15.1. The zero-order chi connectivity index (χ0) is 11.1. The van der Waals surface area contributed by atoms with Crippen molar-refractivity contribution in [1.29, 1.82) is 5.26 Å². The molecule has 0 aliphatic heterocycles. The minimum absolute atomic E-state index is 0.631. The molecule has 0 aliphatic rings. The van der Waals surface area contributed by atoms with Crippen LogP contribution < -0.4 is 5.73 Å². The van der Waals surface area contributed by atoms with Crippen LogP contribution in [0.4, 0.5) is 5.69 Å². The van der Waals surface area contributed by atoms with Crippen LogP contribution in [0.15, 0.2) is 24.3 Å². The number of nitrogens with two attached hydrogens (primary N) is 1. The summed E-state index contributed by atoms with van der Waals surface area (Å²) in [4.78, 5) is 2.21. The summed E-state index contributed by atoms with van der Waals surface area (Å²) in [5.74, 6) is 0. The molecule has 3 heteroatoms. The van der Waals surface area contributed by atoms with Crippen molar-refractivity contribution in [1.82, 2.24) is 4.90 Å². The summed E-state index contributed by atoms with van der Waals surface area (Å²) in [6.07, 6.45) is 1.56. The van der Waals surface area contributed by atoms with Crippen LogP contribution in [-0.2, 0) is 6.54 Å². The van der Waals surface area contributed by atoms with Gasteiger partial charge in [0.05, 0.1) is 6.07 Å². The normalized spacial score (nSPS) is 10.2. The summed E-state index contributed by atoms with van der Waals surface area (Å²) < 4.78 is 0. The average Bonchev–Trinajstić information content (AvgIpc) is 2.22. The van der Waals surface area contributed by atoms with Crippen LogP contribution in [0, 0.1) is 11.3 Å². The van der Waals surface area contributed by atoms with Crippen LogP contribution in [0.1, 0.15) is 18.4 Å². The summed E-state index contributed by atoms with van der Waals surface area (Å²) in [6, 6.07) is 10.1. The molecule has 0 amide bonds. The quantitative estimate of drug-likeness (QED) is 0.588. The van der Waals surface area contributed by atoms with E-state index in [2.05, 4.69) is 18.0 Å². The largest absolute Gasteiger partial charge is 0.399 e. The highest BCUT2D eigenvalue weighted by Gasteiger charge is 1.99. The lowest BCUT2D eigenvalue weighted by Crippen LogP contribution is -2.18. The Hall–Kier alpha value is -1.53. The van der Waals surface area contributed by atoms with Gasteiger partial charge in [0.1, 0.15) is 0 Å². The average molecular weight is 203 g/mol. The fourth-order valence-electron chi connectivity index (χ4n) is 1.44. The predicted molar refractivity (Wildman–Crippen MR) is 62.0 cm³/mol. The number of nitrogen functional groups attached to an aromatic ring is 1. The van der Waals surface area contributed by atoms with Gasteiger partial charge in [0.2, 0.25) is 0 Å². The van der Waals surface area contributed by atoms with Gasteiger partial charge >= 0.3 is 0 Å². The van der Waals surface area contributed by atoms with Crippen LogP contribution in [0.2, 0.25) is 0 Å². The molecule has 0 unspecified atom stereocenters. The number of unbranched alkanes of at least 4 members (excludes halogenated alkanes) is 1. The number of hydrogen-bond donors (Lipinski definition) is 1. The van der Waals surface area contributed by atoms with Crippen molar-refractivity contribution < 1.29 is 0 Å².